The molecule has 0 saturated carbocycles. The quantitative estimate of drug-likeness (QED) is 0.620. The van der Waals surface area contributed by atoms with Crippen molar-refractivity contribution in [1.29, 1.82) is 0 Å². The standard InChI is InChI=1S/C14H14BrFO2/c15-11-6-7-13(16)12(8-11)14(17)18-9-10-4-2-1-3-5-10/h1-2,6-8,10H,3-5,9H2. The molecule has 0 aromatic heterocycles. The fraction of sp³-hybridized carbons (Fsp3) is 0.357. The lowest BCUT2D eigenvalue weighted by atomic mass is 9.95. The van der Waals surface area contributed by atoms with Gasteiger partial charge in [-0.3, -0.25) is 0 Å². The zero-order chi connectivity index (χ0) is 13.0. The van der Waals surface area contributed by atoms with Crippen LogP contribution in [0.15, 0.2) is 34.8 Å². The Morgan fingerprint density at radius 3 is 3.00 bits per heavy atom. The predicted octanol–water partition coefficient (Wildman–Crippen LogP) is 4.10. The molecule has 0 bridgehead atoms. The Hall–Kier alpha value is -1.16. The summed E-state index contributed by atoms with van der Waals surface area (Å²) in [4.78, 5) is 11.8. The van der Waals surface area contributed by atoms with Gasteiger partial charge in [0.05, 0.1) is 12.2 Å². The highest BCUT2D eigenvalue weighted by molar-refractivity contribution is 9.10. The summed E-state index contributed by atoms with van der Waals surface area (Å²) in [6.07, 6.45) is 7.19. The van der Waals surface area contributed by atoms with Crippen molar-refractivity contribution in [3.63, 3.8) is 0 Å². The molecule has 2 rings (SSSR count). The van der Waals surface area contributed by atoms with Gasteiger partial charge in [-0.15, -0.1) is 0 Å². The van der Waals surface area contributed by atoms with E-state index in [0.29, 0.717) is 17.0 Å². The SMILES string of the molecule is O=C(OCC1CC=CCC1)c1cc(Br)ccc1F. The minimum Gasteiger partial charge on any atom is -0.462 e. The summed E-state index contributed by atoms with van der Waals surface area (Å²) in [6.45, 7) is 0.356. The lowest BCUT2D eigenvalue weighted by Gasteiger charge is -2.17. The van der Waals surface area contributed by atoms with Crippen molar-refractivity contribution in [3.05, 3.63) is 46.2 Å². The van der Waals surface area contributed by atoms with Crippen LogP contribution in [0.5, 0.6) is 0 Å². The highest BCUT2D eigenvalue weighted by atomic mass is 79.9. The summed E-state index contributed by atoms with van der Waals surface area (Å²) in [7, 11) is 0. The third-order valence-electron chi connectivity index (χ3n) is 2.98. The van der Waals surface area contributed by atoms with E-state index in [1.54, 1.807) is 6.07 Å². The summed E-state index contributed by atoms with van der Waals surface area (Å²) in [5, 5.41) is 0. The number of benzene rings is 1. The molecule has 2 nitrogen and oxygen atoms in total. The first-order valence-electron chi connectivity index (χ1n) is 5.94. The van der Waals surface area contributed by atoms with E-state index >= 15 is 0 Å². The van der Waals surface area contributed by atoms with E-state index in [2.05, 4.69) is 28.1 Å². The van der Waals surface area contributed by atoms with Gasteiger partial charge in [-0.25, -0.2) is 9.18 Å². The molecule has 1 unspecified atom stereocenters. The van der Waals surface area contributed by atoms with Gasteiger partial charge in [-0.1, -0.05) is 28.1 Å². The Kier molecular flexibility index (Phi) is 4.53. The maximum absolute atomic E-state index is 13.5. The number of halogens is 2. The molecule has 1 atom stereocenters. The Labute approximate surface area is 114 Å². The van der Waals surface area contributed by atoms with Crippen LogP contribution < -0.4 is 0 Å². The van der Waals surface area contributed by atoms with Crippen molar-refractivity contribution < 1.29 is 13.9 Å². The molecular weight excluding hydrogens is 299 g/mol. The number of carbonyl (C=O) groups is 1. The van der Waals surface area contributed by atoms with Gasteiger partial charge in [0.2, 0.25) is 0 Å². The maximum atomic E-state index is 13.5. The van der Waals surface area contributed by atoms with Crippen molar-refractivity contribution >= 4 is 21.9 Å². The van der Waals surface area contributed by atoms with Crippen molar-refractivity contribution in [3.8, 4) is 0 Å². The number of ether oxygens (including phenoxy) is 1. The number of carbonyl (C=O) groups excluding carboxylic acids is 1. The van der Waals surface area contributed by atoms with Crippen molar-refractivity contribution in [2.24, 2.45) is 5.92 Å². The van der Waals surface area contributed by atoms with Crippen molar-refractivity contribution in [2.75, 3.05) is 6.61 Å². The van der Waals surface area contributed by atoms with Gasteiger partial charge in [-0.05, 0) is 43.4 Å². The third kappa shape index (κ3) is 3.42. The highest BCUT2D eigenvalue weighted by Crippen LogP contribution is 2.20. The molecule has 0 saturated heterocycles. The molecule has 1 aromatic rings. The third-order valence-corrected chi connectivity index (χ3v) is 3.47. The van der Waals surface area contributed by atoms with Crippen LogP contribution >= 0.6 is 15.9 Å². The number of rotatable bonds is 3. The zero-order valence-electron chi connectivity index (χ0n) is 9.86. The zero-order valence-corrected chi connectivity index (χ0v) is 11.5. The highest BCUT2D eigenvalue weighted by Gasteiger charge is 2.17. The fourth-order valence-electron chi connectivity index (χ4n) is 1.93. The summed E-state index contributed by atoms with van der Waals surface area (Å²) in [5.41, 5.74) is -0.0178. The monoisotopic (exact) mass is 312 g/mol. The minimum absolute atomic E-state index is 0.0178. The molecule has 0 spiro atoms. The smallest absolute Gasteiger partial charge is 0.341 e. The van der Waals surface area contributed by atoms with E-state index in [1.807, 2.05) is 0 Å². The van der Waals surface area contributed by atoms with Crippen LogP contribution in [-0.2, 0) is 4.74 Å². The lowest BCUT2D eigenvalue weighted by molar-refractivity contribution is 0.0427. The van der Waals surface area contributed by atoms with Gasteiger partial charge in [0, 0.05) is 4.47 Å². The molecule has 96 valence electrons. The van der Waals surface area contributed by atoms with E-state index in [9.17, 15) is 9.18 Å². The van der Waals surface area contributed by atoms with Gasteiger partial charge >= 0.3 is 5.97 Å². The average Bonchev–Trinajstić information content (AvgIpc) is 2.40. The topological polar surface area (TPSA) is 26.3 Å². The van der Waals surface area contributed by atoms with Crippen LogP contribution in [0.3, 0.4) is 0 Å². The van der Waals surface area contributed by atoms with Crippen LogP contribution in [-0.4, -0.2) is 12.6 Å². The minimum atomic E-state index is -0.594. The molecule has 0 radical (unpaired) electrons. The van der Waals surface area contributed by atoms with Crippen molar-refractivity contribution in [1.82, 2.24) is 0 Å². The Morgan fingerprint density at radius 2 is 2.28 bits per heavy atom. The van der Waals surface area contributed by atoms with E-state index in [-0.39, 0.29) is 5.56 Å². The predicted molar refractivity (Wildman–Crippen MR) is 70.9 cm³/mol. The first-order valence-corrected chi connectivity index (χ1v) is 6.73. The molecule has 0 N–H and O–H groups in total. The molecule has 0 aliphatic heterocycles. The lowest BCUT2D eigenvalue weighted by Crippen LogP contribution is -2.16. The van der Waals surface area contributed by atoms with E-state index in [1.165, 1.54) is 12.1 Å². The summed E-state index contributed by atoms with van der Waals surface area (Å²) >= 11 is 3.21. The molecule has 1 aliphatic carbocycles. The van der Waals surface area contributed by atoms with Gasteiger partial charge in [0.15, 0.2) is 0 Å². The first kappa shape index (κ1) is 13.3. The molecule has 0 fully saturated rings. The molecular formula is C14H14BrFO2. The van der Waals surface area contributed by atoms with Crippen LogP contribution in [0.4, 0.5) is 4.39 Å². The molecule has 1 aromatic carbocycles. The van der Waals surface area contributed by atoms with Gasteiger partial charge < -0.3 is 4.74 Å². The van der Waals surface area contributed by atoms with E-state index in [4.69, 9.17) is 4.74 Å². The summed E-state index contributed by atoms with van der Waals surface area (Å²) in [6, 6.07) is 4.25. The normalized spacial score (nSPS) is 18.7. The molecule has 1 aliphatic rings. The van der Waals surface area contributed by atoms with Crippen LogP contribution in [0, 0.1) is 11.7 Å². The van der Waals surface area contributed by atoms with Gasteiger partial charge in [0.25, 0.3) is 0 Å². The van der Waals surface area contributed by atoms with Crippen LogP contribution in [0.25, 0.3) is 0 Å². The number of esters is 1. The summed E-state index contributed by atoms with van der Waals surface area (Å²) in [5.74, 6) is -0.788. The average molecular weight is 313 g/mol. The van der Waals surface area contributed by atoms with E-state index in [0.717, 1.165) is 19.3 Å². The van der Waals surface area contributed by atoms with Gasteiger partial charge in [-0.2, -0.15) is 0 Å². The van der Waals surface area contributed by atoms with Crippen LogP contribution in [0.2, 0.25) is 0 Å². The number of hydrogen-bond donors (Lipinski definition) is 0. The number of hydrogen-bond acceptors (Lipinski definition) is 2. The number of allylic oxidation sites excluding steroid dienone is 2. The Bertz CT molecular complexity index is 471. The molecule has 0 amide bonds. The van der Waals surface area contributed by atoms with Gasteiger partial charge in [0.1, 0.15) is 5.82 Å². The maximum Gasteiger partial charge on any atom is 0.341 e. The largest absolute Gasteiger partial charge is 0.462 e. The Morgan fingerprint density at radius 1 is 1.44 bits per heavy atom. The van der Waals surface area contributed by atoms with E-state index < -0.39 is 11.8 Å². The second-order valence-corrected chi connectivity index (χ2v) is 5.29. The Balaban J connectivity index is 1.95. The molecule has 0 heterocycles. The fourth-order valence-corrected chi connectivity index (χ4v) is 2.29. The molecule has 4 heteroatoms. The van der Waals surface area contributed by atoms with Crippen molar-refractivity contribution in [2.45, 2.75) is 19.3 Å². The molecule has 18 heavy (non-hydrogen) atoms. The second kappa shape index (κ2) is 6.14. The second-order valence-electron chi connectivity index (χ2n) is 4.37. The summed E-state index contributed by atoms with van der Waals surface area (Å²) < 4.78 is 19.3. The van der Waals surface area contributed by atoms with Crippen LogP contribution in [0.1, 0.15) is 29.6 Å². The first-order chi connectivity index (χ1) is 8.66.